The molecule has 0 bridgehead atoms. The van der Waals surface area contributed by atoms with Crippen molar-refractivity contribution in [2.24, 2.45) is 5.92 Å². The molecule has 0 spiro atoms. The Bertz CT molecular complexity index is 1710. The Kier molecular flexibility index (Phi) is 5.06. The molecule has 190 valence electrons. The second kappa shape index (κ2) is 8.29. The lowest BCUT2D eigenvalue weighted by molar-refractivity contribution is 0.0924. The number of nitrogens with zero attached hydrogens (tertiary/aromatic N) is 4. The maximum atomic E-state index is 15.3. The Morgan fingerprint density at radius 1 is 1.00 bits per heavy atom. The van der Waals surface area contributed by atoms with E-state index >= 15 is 4.39 Å². The molecule has 0 aliphatic heterocycles. The maximum absolute atomic E-state index is 15.3. The summed E-state index contributed by atoms with van der Waals surface area (Å²) < 4.78 is 21.2. The van der Waals surface area contributed by atoms with Gasteiger partial charge in [0.1, 0.15) is 11.6 Å². The van der Waals surface area contributed by atoms with Crippen molar-refractivity contribution in [1.82, 2.24) is 20.1 Å². The summed E-state index contributed by atoms with van der Waals surface area (Å²) in [5, 5.41) is 5.19. The third-order valence-corrected chi connectivity index (χ3v) is 9.24. The summed E-state index contributed by atoms with van der Waals surface area (Å²) in [5.41, 5.74) is 5.77. The summed E-state index contributed by atoms with van der Waals surface area (Å²) in [6.45, 7) is 6.86. The van der Waals surface area contributed by atoms with Gasteiger partial charge in [-0.15, -0.1) is 0 Å². The van der Waals surface area contributed by atoms with E-state index in [-0.39, 0.29) is 16.6 Å². The number of halogens is 1. The lowest BCUT2D eigenvalue weighted by Gasteiger charge is -2.53. The van der Waals surface area contributed by atoms with Crippen molar-refractivity contribution in [2.45, 2.75) is 57.3 Å². The average molecular weight is 505 g/mol. The van der Waals surface area contributed by atoms with Crippen molar-refractivity contribution < 1.29 is 8.91 Å². The molecule has 5 nitrogen and oxygen atoms in total. The van der Waals surface area contributed by atoms with Crippen LogP contribution in [-0.2, 0) is 23.7 Å². The molecule has 0 N–H and O–H groups in total. The van der Waals surface area contributed by atoms with E-state index in [0.29, 0.717) is 23.0 Å². The lowest BCUT2D eigenvalue weighted by Crippen LogP contribution is -2.53. The van der Waals surface area contributed by atoms with Crippen molar-refractivity contribution >= 4 is 10.9 Å². The number of hydrogen-bond donors (Lipinski definition) is 0. The summed E-state index contributed by atoms with van der Waals surface area (Å²) in [7, 11) is 0. The van der Waals surface area contributed by atoms with Crippen molar-refractivity contribution in [1.29, 1.82) is 0 Å². The van der Waals surface area contributed by atoms with Crippen LogP contribution in [0.3, 0.4) is 0 Å². The number of pyridine rings is 1. The van der Waals surface area contributed by atoms with Crippen LogP contribution in [0.15, 0.2) is 71.5 Å². The van der Waals surface area contributed by atoms with Crippen LogP contribution in [0.4, 0.5) is 4.39 Å². The van der Waals surface area contributed by atoms with Gasteiger partial charge in [-0.1, -0.05) is 56.3 Å². The van der Waals surface area contributed by atoms with Gasteiger partial charge in [0.15, 0.2) is 5.82 Å². The minimum absolute atomic E-state index is 0.164. The molecule has 2 aliphatic carbocycles. The molecule has 2 aromatic carbocycles. The predicted octanol–water partition coefficient (Wildman–Crippen LogP) is 7.23. The number of aromatic nitrogens is 4. The molecule has 0 saturated heterocycles. The van der Waals surface area contributed by atoms with Crippen LogP contribution in [0.5, 0.6) is 0 Å². The van der Waals surface area contributed by atoms with Crippen molar-refractivity contribution in [3.63, 3.8) is 0 Å². The number of benzene rings is 2. The number of rotatable bonds is 3. The van der Waals surface area contributed by atoms with E-state index in [9.17, 15) is 0 Å². The Labute approximate surface area is 221 Å². The first-order chi connectivity index (χ1) is 18.4. The van der Waals surface area contributed by atoms with Crippen LogP contribution < -0.4 is 0 Å². The first-order valence-corrected chi connectivity index (χ1v) is 13.4. The van der Waals surface area contributed by atoms with E-state index in [1.165, 1.54) is 6.07 Å². The molecular weight excluding hydrogens is 475 g/mol. The normalized spacial score (nSPS) is 24.1. The van der Waals surface area contributed by atoms with Gasteiger partial charge < -0.3 is 4.52 Å². The Balaban J connectivity index is 1.54. The van der Waals surface area contributed by atoms with Crippen molar-refractivity contribution in [2.75, 3.05) is 0 Å². The second-order valence-corrected chi connectivity index (χ2v) is 11.2. The van der Waals surface area contributed by atoms with Gasteiger partial charge in [0, 0.05) is 44.7 Å². The first-order valence-electron chi connectivity index (χ1n) is 13.4. The smallest absolute Gasteiger partial charge is 0.160 e. The molecule has 0 unspecified atom stereocenters. The van der Waals surface area contributed by atoms with Gasteiger partial charge in [-0.2, -0.15) is 0 Å². The van der Waals surface area contributed by atoms with Gasteiger partial charge in [0.05, 0.1) is 23.1 Å². The fourth-order valence-electron chi connectivity index (χ4n) is 7.30. The molecule has 0 fully saturated rings. The third kappa shape index (κ3) is 3.15. The molecule has 3 atom stereocenters. The highest BCUT2D eigenvalue weighted by molar-refractivity contribution is 5.92. The van der Waals surface area contributed by atoms with Crippen LogP contribution in [-0.4, -0.2) is 20.1 Å². The van der Waals surface area contributed by atoms with Gasteiger partial charge in [0.25, 0.3) is 0 Å². The highest BCUT2D eigenvalue weighted by atomic mass is 19.1. The molecule has 0 radical (unpaired) electrons. The average Bonchev–Trinajstić information content (AvgIpc) is 3.41. The topological polar surface area (TPSA) is 64.7 Å². The molecule has 0 saturated carbocycles. The van der Waals surface area contributed by atoms with Crippen LogP contribution in [0.2, 0.25) is 0 Å². The molecule has 3 heterocycles. The molecule has 7 rings (SSSR count). The summed E-state index contributed by atoms with van der Waals surface area (Å²) in [5.74, 6) is 1.65. The zero-order valence-corrected chi connectivity index (χ0v) is 21.8. The van der Waals surface area contributed by atoms with E-state index in [2.05, 4.69) is 30.9 Å². The molecule has 38 heavy (non-hydrogen) atoms. The highest BCUT2D eigenvalue weighted by Gasteiger charge is 2.56. The van der Waals surface area contributed by atoms with E-state index < -0.39 is 0 Å². The van der Waals surface area contributed by atoms with E-state index in [1.54, 1.807) is 12.3 Å². The second-order valence-electron chi connectivity index (χ2n) is 11.2. The van der Waals surface area contributed by atoms with E-state index in [4.69, 9.17) is 14.5 Å². The van der Waals surface area contributed by atoms with E-state index in [0.717, 1.165) is 64.7 Å². The Morgan fingerprint density at radius 2 is 1.82 bits per heavy atom. The van der Waals surface area contributed by atoms with Crippen molar-refractivity contribution in [3.05, 3.63) is 95.4 Å². The molecule has 3 aromatic heterocycles. The summed E-state index contributed by atoms with van der Waals surface area (Å²) in [4.78, 5) is 15.0. The monoisotopic (exact) mass is 504 g/mol. The number of para-hydroxylation sites is 1. The quantitative estimate of drug-likeness (QED) is 0.259. The largest absolute Gasteiger partial charge is 0.361 e. The molecule has 6 heteroatoms. The van der Waals surface area contributed by atoms with Crippen molar-refractivity contribution in [3.8, 4) is 22.6 Å². The van der Waals surface area contributed by atoms with E-state index in [1.807, 2.05) is 48.7 Å². The summed E-state index contributed by atoms with van der Waals surface area (Å²) in [6, 6.07) is 16.9. The minimum atomic E-state index is -0.280. The molecule has 2 aliphatic rings. The molecular formula is C32H29FN4O. The lowest BCUT2D eigenvalue weighted by atomic mass is 9.50. The SMILES string of the molecule is CC[C@@]1(C)c2oncc2C[C@@]2(C)c3nc(-c4ccnc5ccccc45)nc(-c4ccccc4F)c3CC[C@@H]21. The predicted molar refractivity (Wildman–Crippen MR) is 145 cm³/mol. The zero-order valence-electron chi connectivity index (χ0n) is 21.8. The minimum Gasteiger partial charge on any atom is -0.361 e. The zero-order chi connectivity index (χ0) is 26.1. The first kappa shape index (κ1) is 23.2. The summed E-state index contributed by atoms with van der Waals surface area (Å²) >= 11 is 0. The van der Waals surface area contributed by atoms with Gasteiger partial charge in [-0.3, -0.25) is 4.98 Å². The fraction of sp³-hybridized carbons (Fsp3) is 0.312. The summed E-state index contributed by atoms with van der Waals surface area (Å²) in [6.07, 6.45) is 7.13. The maximum Gasteiger partial charge on any atom is 0.160 e. The Hall–Kier alpha value is -3.93. The van der Waals surface area contributed by atoms with Crippen LogP contribution in [0.25, 0.3) is 33.5 Å². The fourth-order valence-corrected chi connectivity index (χ4v) is 7.30. The van der Waals surface area contributed by atoms with Gasteiger partial charge in [0.2, 0.25) is 0 Å². The highest BCUT2D eigenvalue weighted by Crippen LogP contribution is 2.58. The third-order valence-electron chi connectivity index (χ3n) is 9.24. The van der Waals surface area contributed by atoms with Crippen LogP contribution in [0.1, 0.15) is 56.2 Å². The van der Waals surface area contributed by atoms with Gasteiger partial charge >= 0.3 is 0 Å². The van der Waals surface area contributed by atoms with Crippen LogP contribution >= 0.6 is 0 Å². The van der Waals surface area contributed by atoms with Crippen LogP contribution in [0, 0.1) is 11.7 Å². The number of hydrogen-bond acceptors (Lipinski definition) is 5. The standard InChI is InChI=1S/C32H29FN4O/c1-4-31(2)26-14-13-23-27(22-10-5-7-11-24(22)33)36-30(21-15-16-34-25-12-8-6-9-20(21)25)37-28(23)32(26,3)17-19-18-35-38-29(19)31/h5-12,15-16,18,26H,4,13-14,17H2,1-3H3/t26-,31-,32-/m1/s1. The van der Waals surface area contributed by atoms with Gasteiger partial charge in [-0.05, 0) is 55.9 Å². The Morgan fingerprint density at radius 3 is 2.66 bits per heavy atom. The molecule has 0 amide bonds. The van der Waals surface area contributed by atoms with Gasteiger partial charge in [-0.25, -0.2) is 14.4 Å². The number of fused-ring (bicyclic) bond motifs is 5. The molecule has 5 aromatic rings.